The molecule has 4 aromatic carbocycles. The molecule has 1 unspecified atom stereocenters. The van der Waals surface area contributed by atoms with Gasteiger partial charge in [0.25, 0.3) is 0 Å². The number of aryl methyl sites for hydroxylation is 1. The molecule has 198 valence electrons. The van der Waals surface area contributed by atoms with Crippen molar-refractivity contribution in [3.63, 3.8) is 0 Å². The highest BCUT2D eigenvalue weighted by atomic mass is 19.4. The minimum Gasteiger partial charge on any atom is -0.399 e. The van der Waals surface area contributed by atoms with Gasteiger partial charge in [0.05, 0.1) is 0 Å². The van der Waals surface area contributed by atoms with E-state index in [1.165, 1.54) is 33.9 Å². The number of fused-ring (bicyclic) bond motifs is 3. The van der Waals surface area contributed by atoms with Gasteiger partial charge in [0.2, 0.25) is 0 Å². The van der Waals surface area contributed by atoms with Crippen LogP contribution in [0.3, 0.4) is 0 Å². The van der Waals surface area contributed by atoms with Gasteiger partial charge in [-0.25, -0.2) is 0 Å². The Balaban J connectivity index is 0.000000384. The fraction of sp³-hybridized carbons (Fsp3) is 0.152. The van der Waals surface area contributed by atoms with Crippen molar-refractivity contribution in [2.24, 2.45) is 5.73 Å². The zero-order chi connectivity index (χ0) is 27.8. The van der Waals surface area contributed by atoms with Crippen LogP contribution < -0.4 is 17.2 Å². The van der Waals surface area contributed by atoms with Crippen molar-refractivity contribution in [1.82, 2.24) is 0 Å². The third-order valence-corrected chi connectivity index (χ3v) is 7.37. The van der Waals surface area contributed by atoms with Crippen LogP contribution in [-0.2, 0) is 6.42 Å². The lowest BCUT2D eigenvalue weighted by atomic mass is 9.83. The molecule has 0 amide bonds. The highest BCUT2D eigenvalue weighted by Gasteiger charge is 2.50. The van der Waals surface area contributed by atoms with Crippen LogP contribution in [0.1, 0.15) is 28.7 Å². The molecule has 0 fully saturated rings. The maximum Gasteiger partial charge on any atom is 0.410 e. The van der Waals surface area contributed by atoms with E-state index in [4.69, 9.17) is 17.2 Å². The van der Waals surface area contributed by atoms with Crippen molar-refractivity contribution in [3.8, 4) is 22.3 Å². The Labute approximate surface area is 226 Å². The van der Waals surface area contributed by atoms with Crippen molar-refractivity contribution in [1.29, 1.82) is 0 Å². The van der Waals surface area contributed by atoms with Crippen LogP contribution in [0, 0.1) is 6.92 Å². The van der Waals surface area contributed by atoms with E-state index < -0.39 is 11.7 Å². The molecule has 0 aromatic heterocycles. The average Bonchev–Trinajstić information content (AvgIpc) is 3.30. The topological polar surface area (TPSA) is 78.1 Å². The summed E-state index contributed by atoms with van der Waals surface area (Å²) >= 11 is 0. The second-order valence-corrected chi connectivity index (χ2v) is 10.1. The van der Waals surface area contributed by atoms with E-state index in [0.717, 1.165) is 40.4 Å². The number of anilines is 2. The number of benzene rings is 4. The number of halogens is 3. The lowest BCUT2D eigenvalue weighted by molar-refractivity contribution is -0.170. The van der Waals surface area contributed by atoms with Crippen LogP contribution in [0.15, 0.2) is 103 Å². The molecule has 0 radical (unpaired) electrons. The molecule has 4 aromatic rings. The van der Waals surface area contributed by atoms with Gasteiger partial charge in [0.15, 0.2) is 0 Å². The van der Waals surface area contributed by atoms with Crippen LogP contribution in [0.25, 0.3) is 27.8 Å². The first kappa shape index (κ1) is 26.3. The van der Waals surface area contributed by atoms with Gasteiger partial charge in [-0.2, -0.15) is 13.2 Å². The quantitative estimate of drug-likeness (QED) is 0.207. The molecule has 2 aliphatic rings. The van der Waals surface area contributed by atoms with Crippen molar-refractivity contribution in [3.05, 3.63) is 125 Å². The number of nitrogen functional groups attached to an aromatic ring is 2. The Morgan fingerprint density at radius 1 is 0.744 bits per heavy atom. The molecule has 0 spiro atoms. The van der Waals surface area contributed by atoms with E-state index in [1.807, 2.05) is 54.6 Å². The van der Waals surface area contributed by atoms with Crippen molar-refractivity contribution >= 4 is 16.9 Å². The minimum absolute atomic E-state index is 0.302. The van der Waals surface area contributed by atoms with E-state index in [9.17, 15) is 13.2 Å². The van der Waals surface area contributed by atoms with Gasteiger partial charge in [-0.05, 0) is 94.1 Å². The van der Waals surface area contributed by atoms with Crippen LogP contribution in [0.2, 0.25) is 0 Å². The number of hydrogen-bond acceptors (Lipinski definition) is 3. The lowest BCUT2D eigenvalue weighted by Gasteiger charge is -2.30. The fourth-order valence-corrected chi connectivity index (χ4v) is 5.24. The van der Waals surface area contributed by atoms with E-state index in [1.54, 1.807) is 12.1 Å². The maximum absolute atomic E-state index is 13.3. The average molecular weight is 526 g/mol. The van der Waals surface area contributed by atoms with E-state index in [2.05, 4.69) is 31.2 Å². The Morgan fingerprint density at radius 3 is 2.08 bits per heavy atom. The molecule has 3 nitrogen and oxygen atoms in total. The summed E-state index contributed by atoms with van der Waals surface area (Å²) in [5.41, 5.74) is 25.9. The number of alkyl halides is 3. The first-order chi connectivity index (χ1) is 18.6. The zero-order valence-electron chi connectivity index (χ0n) is 21.6. The van der Waals surface area contributed by atoms with E-state index in [-0.39, 0.29) is 6.42 Å². The summed E-state index contributed by atoms with van der Waals surface area (Å²) in [7, 11) is 0. The van der Waals surface area contributed by atoms with Gasteiger partial charge in [0.1, 0.15) is 5.54 Å². The number of hydrogen-bond donors (Lipinski definition) is 3. The Morgan fingerprint density at radius 2 is 1.44 bits per heavy atom. The molecule has 6 rings (SSSR count). The van der Waals surface area contributed by atoms with Crippen molar-refractivity contribution in [2.45, 2.75) is 31.5 Å². The molecule has 6 heteroatoms. The summed E-state index contributed by atoms with van der Waals surface area (Å²) in [6.45, 7) is 2.11. The maximum atomic E-state index is 13.3. The molecule has 6 N–H and O–H groups in total. The molecule has 2 aliphatic carbocycles. The Hall–Kier alpha value is -4.29. The summed E-state index contributed by atoms with van der Waals surface area (Å²) < 4.78 is 40.0. The molecular weight excluding hydrogens is 495 g/mol. The second kappa shape index (κ2) is 10.1. The summed E-state index contributed by atoms with van der Waals surface area (Å²) in [5, 5.41) is 0. The van der Waals surface area contributed by atoms with Crippen molar-refractivity contribution < 1.29 is 13.2 Å². The van der Waals surface area contributed by atoms with Gasteiger partial charge in [-0.1, -0.05) is 78.9 Å². The summed E-state index contributed by atoms with van der Waals surface area (Å²) in [5.74, 6) is 0. The van der Waals surface area contributed by atoms with Crippen molar-refractivity contribution in [2.75, 3.05) is 11.5 Å². The van der Waals surface area contributed by atoms with Crippen LogP contribution >= 0.6 is 0 Å². The smallest absolute Gasteiger partial charge is 0.399 e. The number of para-hydroxylation sites is 1. The SMILES string of the molecule is Cc1ccc(-c2cc(N)ccc2C2=CCC(N)(C(F)(F)F)C=C2)c2c1-c1ccccc1C2.Nc1ccccc1. The molecule has 39 heavy (non-hydrogen) atoms. The number of rotatable bonds is 2. The van der Waals surface area contributed by atoms with Gasteiger partial charge in [0, 0.05) is 11.4 Å². The third kappa shape index (κ3) is 5.08. The fourth-order valence-electron chi connectivity index (χ4n) is 5.24. The predicted octanol–water partition coefficient (Wildman–Crippen LogP) is 7.69. The largest absolute Gasteiger partial charge is 0.410 e. The number of nitrogens with two attached hydrogens (primary N) is 3. The molecule has 0 saturated heterocycles. The Kier molecular flexibility index (Phi) is 6.83. The molecule has 0 saturated carbocycles. The van der Waals surface area contributed by atoms with E-state index >= 15 is 0 Å². The monoisotopic (exact) mass is 525 g/mol. The molecule has 1 atom stereocenters. The first-order valence-electron chi connectivity index (χ1n) is 12.7. The number of allylic oxidation sites excluding steroid dienone is 2. The zero-order valence-corrected chi connectivity index (χ0v) is 21.6. The Bertz CT molecular complexity index is 1590. The second-order valence-electron chi connectivity index (χ2n) is 10.1. The highest BCUT2D eigenvalue weighted by molar-refractivity contribution is 5.93. The first-order valence-corrected chi connectivity index (χ1v) is 12.7. The van der Waals surface area contributed by atoms with Crippen LogP contribution in [0.4, 0.5) is 24.5 Å². The molecule has 0 bridgehead atoms. The van der Waals surface area contributed by atoms with Gasteiger partial charge >= 0.3 is 6.18 Å². The highest BCUT2D eigenvalue weighted by Crippen LogP contribution is 2.46. The summed E-state index contributed by atoms with van der Waals surface area (Å²) in [6, 6.07) is 27.6. The minimum atomic E-state index is -4.50. The van der Waals surface area contributed by atoms with Crippen LogP contribution in [0.5, 0.6) is 0 Å². The standard InChI is InChI=1S/C27H23F3N2.C6H7N/c1-16-6-8-22(24-14-18-4-2-3-5-21(18)25(16)24)23-15-19(31)7-9-20(23)17-10-12-26(32,13-11-17)27(28,29)30;7-6-4-2-1-3-5-6/h2-12,15H,13-14,31-32H2,1H3;1-5H,7H2. The summed E-state index contributed by atoms with van der Waals surface area (Å²) in [6.07, 6.45) is 0.132. The van der Waals surface area contributed by atoms with Gasteiger partial charge < -0.3 is 17.2 Å². The van der Waals surface area contributed by atoms with Gasteiger partial charge in [-0.15, -0.1) is 0 Å². The normalized spacial score (nSPS) is 17.5. The molecular formula is C33H30F3N3. The lowest BCUT2D eigenvalue weighted by Crippen LogP contribution is -2.52. The third-order valence-electron chi connectivity index (χ3n) is 7.37. The predicted molar refractivity (Wildman–Crippen MR) is 155 cm³/mol. The summed E-state index contributed by atoms with van der Waals surface area (Å²) in [4.78, 5) is 0. The molecule has 0 aliphatic heterocycles. The van der Waals surface area contributed by atoms with E-state index in [0.29, 0.717) is 5.69 Å². The van der Waals surface area contributed by atoms with Gasteiger partial charge in [-0.3, -0.25) is 0 Å². The van der Waals surface area contributed by atoms with Crippen LogP contribution in [-0.4, -0.2) is 11.7 Å². The molecule has 0 heterocycles.